The predicted octanol–water partition coefficient (Wildman–Crippen LogP) is -0.646. The average molecular weight is 111 g/mol. The number of imide groups is 1. The third-order valence-corrected chi connectivity index (χ3v) is 0.644. The largest absolute Gasteiger partial charge is 0.348 e. The molecule has 0 aromatic carbocycles. The van der Waals surface area contributed by atoms with E-state index in [2.05, 4.69) is 10.6 Å². The lowest BCUT2D eigenvalue weighted by Crippen LogP contribution is -2.33. The van der Waals surface area contributed by atoms with Crippen molar-refractivity contribution in [3.8, 4) is 0 Å². The maximum Gasteiger partial charge on any atom is 0.348 e. The smallest absolute Gasteiger partial charge is 0.312 e. The maximum absolute atomic E-state index is 10.2. The molecule has 1 aliphatic heterocycles. The molecular weight excluding hydrogens is 108 g/mol. The van der Waals surface area contributed by atoms with Crippen LogP contribution in [0.1, 0.15) is 0 Å². The summed E-state index contributed by atoms with van der Waals surface area (Å²) in [6, 6.07) is -0.600. The van der Waals surface area contributed by atoms with Crippen LogP contribution in [0.2, 0.25) is 0 Å². The molecule has 0 bridgehead atoms. The molecule has 0 saturated carbocycles. The zero-order chi connectivity index (χ0) is 5.98. The topological polar surface area (TPSA) is 60.3 Å². The molecule has 1 radical (unpaired) electrons. The second-order valence-corrected chi connectivity index (χ2v) is 1.23. The van der Waals surface area contributed by atoms with Crippen LogP contribution in [0, 0.1) is 0 Å². The number of hydrogen-bond donors (Lipinski definition) is 1. The van der Waals surface area contributed by atoms with Gasteiger partial charge in [-0.1, -0.05) is 0 Å². The molecular formula is C4H3N2O2. The van der Waals surface area contributed by atoms with Crippen molar-refractivity contribution in [2.45, 2.75) is 0 Å². The van der Waals surface area contributed by atoms with Gasteiger partial charge in [-0.25, -0.2) is 4.79 Å². The Hall–Kier alpha value is -1.32. The number of nitrogens with one attached hydrogen (secondary N) is 1. The fraction of sp³-hybridized carbons (Fsp3) is 0. The van der Waals surface area contributed by atoms with Crippen LogP contribution >= 0.6 is 0 Å². The van der Waals surface area contributed by atoms with Crippen LogP contribution in [0.4, 0.5) is 4.79 Å². The number of carbonyl (C=O) groups is 2. The van der Waals surface area contributed by atoms with E-state index in [1.807, 2.05) is 0 Å². The monoisotopic (exact) mass is 111 g/mol. The van der Waals surface area contributed by atoms with Crippen LogP contribution in [0.15, 0.2) is 12.3 Å². The molecule has 1 rings (SSSR count). The van der Waals surface area contributed by atoms with E-state index in [-0.39, 0.29) is 0 Å². The van der Waals surface area contributed by atoms with Gasteiger partial charge in [-0.2, -0.15) is 5.32 Å². The first-order valence-electron chi connectivity index (χ1n) is 2.02. The summed E-state index contributed by atoms with van der Waals surface area (Å²) in [5.74, 6) is -0.506. The van der Waals surface area contributed by atoms with Crippen molar-refractivity contribution in [1.82, 2.24) is 10.6 Å². The van der Waals surface area contributed by atoms with Crippen LogP contribution < -0.4 is 10.6 Å². The molecule has 0 unspecified atom stereocenters. The third-order valence-electron chi connectivity index (χ3n) is 0.644. The lowest BCUT2D eigenvalue weighted by molar-refractivity contribution is -0.115. The van der Waals surface area contributed by atoms with Crippen molar-refractivity contribution in [3.05, 3.63) is 12.3 Å². The minimum absolute atomic E-state index is 0.506. The Morgan fingerprint density at radius 2 is 2.25 bits per heavy atom. The fourth-order valence-corrected chi connectivity index (χ4v) is 0.354. The minimum Gasteiger partial charge on any atom is -0.312 e. The Bertz CT molecular complexity index is 161. The average Bonchev–Trinajstić information content (AvgIpc) is 1.64. The molecule has 3 amide bonds. The molecule has 0 spiro atoms. The molecule has 4 heteroatoms. The summed E-state index contributed by atoms with van der Waals surface area (Å²) < 4.78 is 0. The highest BCUT2D eigenvalue weighted by Crippen LogP contribution is 1.80. The highest BCUT2D eigenvalue weighted by atomic mass is 16.2. The molecule has 4 nitrogen and oxygen atoms in total. The van der Waals surface area contributed by atoms with Crippen LogP contribution in [0.5, 0.6) is 0 Å². The number of carbonyl (C=O) groups excluding carboxylic acids is 2. The van der Waals surface area contributed by atoms with E-state index in [0.29, 0.717) is 0 Å². The predicted molar refractivity (Wildman–Crippen MR) is 24.8 cm³/mol. The van der Waals surface area contributed by atoms with Crippen molar-refractivity contribution in [2.75, 3.05) is 0 Å². The van der Waals surface area contributed by atoms with Gasteiger partial charge >= 0.3 is 6.03 Å². The standard InChI is InChI=1S/C4H3N2O2/c7-3-1-2-5-4(8)6-3/h1-2H,(H,5,8). The van der Waals surface area contributed by atoms with Gasteiger partial charge in [-0.05, 0) is 0 Å². The van der Waals surface area contributed by atoms with E-state index >= 15 is 0 Å². The van der Waals surface area contributed by atoms with E-state index in [0.717, 1.165) is 0 Å². The first kappa shape index (κ1) is 4.83. The lowest BCUT2D eigenvalue weighted by Gasteiger charge is -2.00. The number of nitrogens with zero attached hydrogens (tertiary/aromatic N) is 1. The normalized spacial score (nSPS) is 17.5. The van der Waals surface area contributed by atoms with Gasteiger partial charge in [0, 0.05) is 12.3 Å². The van der Waals surface area contributed by atoms with Crippen LogP contribution in [-0.4, -0.2) is 11.9 Å². The van der Waals surface area contributed by atoms with E-state index < -0.39 is 11.9 Å². The van der Waals surface area contributed by atoms with Crippen LogP contribution in [0.25, 0.3) is 0 Å². The second kappa shape index (κ2) is 1.65. The zero-order valence-electron chi connectivity index (χ0n) is 3.92. The number of rotatable bonds is 0. The maximum atomic E-state index is 10.2. The summed E-state index contributed by atoms with van der Waals surface area (Å²) in [4.78, 5) is 20.3. The van der Waals surface area contributed by atoms with E-state index in [1.165, 1.54) is 12.3 Å². The molecule has 0 aromatic heterocycles. The lowest BCUT2D eigenvalue weighted by atomic mass is 10.5. The van der Waals surface area contributed by atoms with Gasteiger partial charge in [0.1, 0.15) is 0 Å². The van der Waals surface area contributed by atoms with Crippen molar-refractivity contribution in [2.24, 2.45) is 0 Å². The van der Waals surface area contributed by atoms with Crippen LogP contribution in [-0.2, 0) is 4.79 Å². The van der Waals surface area contributed by atoms with Gasteiger partial charge in [0.05, 0.1) is 0 Å². The molecule has 0 fully saturated rings. The summed E-state index contributed by atoms with van der Waals surface area (Å²) in [6.07, 6.45) is 2.44. The van der Waals surface area contributed by atoms with E-state index in [9.17, 15) is 9.59 Å². The van der Waals surface area contributed by atoms with Crippen molar-refractivity contribution >= 4 is 11.9 Å². The number of urea groups is 1. The molecule has 0 atom stereocenters. The molecule has 1 heterocycles. The van der Waals surface area contributed by atoms with Gasteiger partial charge in [0.15, 0.2) is 0 Å². The molecule has 0 aliphatic carbocycles. The molecule has 41 valence electrons. The summed E-state index contributed by atoms with van der Waals surface area (Å²) in [6.45, 7) is 0. The summed E-state index contributed by atoms with van der Waals surface area (Å²) in [5.41, 5.74) is 0. The Morgan fingerprint density at radius 1 is 1.50 bits per heavy atom. The Balaban J connectivity index is 2.68. The van der Waals surface area contributed by atoms with Gasteiger partial charge in [-0.15, -0.1) is 0 Å². The summed E-state index contributed by atoms with van der Waals surface area (Å²) in [5, 5.41) is 5.21. The molecule has 0 saturated heterocycles. The highest BCUT2D eigenvalue weighted by molar-refractivity contribution is 6.02. The Morgan fingerprint density at radius 3 is 2.62 bits per heavy atom. The first-order chi connectivity index (χ1) is 3.79. The van der Waals surface area contributed by atoms with Gasteiger partial charge in [0.25, 0.3) is 5.91 Å². The Labute approximate surface area is 45.6 Å². The van der Waals surface area contributed by atoms with E-state index in [1.54, 1.807) is 0 Å². The molecule has 1 N–H and O–H groups in total. The van der Waals surface area contributed by atoms with Crippen LogP contribution in [0.3, 0.4) is 0 Å². The number of hydrogen-bond acceptors (Lipinski definition) is 2. The van der Waals surface area contributed by atoms with Crippen molar-refractivity contribution in [3.63, 3.8) is 0 Å². The molecule has 8 heavy (non-hydrogen) atoms. The quantitative estimate of drug-likeness (QED) is 0.451. The molecule has 0 aromatic rings. The number of amides is 3. The second-order valence-electron chi connectivity index (χ2n) is 1.23. The van der Waals surface area contributed by atoms with Crippen molar-refractivity contribution < 1.29 is 9.59 Å². The van der Waals surface area contributed by atoms with Gasteiger partial charge in [-0.3, -0.25) is 4.79 Å². The summed E-state index contributed by atoms with van der Waals surface area (Å²) >= 11 is 0. The van der Waals surface area contributed by atoms with Crippen molar-refractivity contribution in [1.29, 1.82) is 0 Å². The third kappa shape index (κ3) is 0.841. The minimum atomic E-state index is -0.600. The zero-order valence-corrected chi connectivity index (χ0v) is 3.92. The fourth-order valence-electron chi connectivity index (χ4n) is 0.354. The highest BCUT2D eigenvalue weighted by Gasteiger charge is 2.08. The SMILES string of the molecule is O=C1C=CNC(=O)[N]1. The first-order valence-corrected chi connectivity index (χ1v) is 2.02. The van der Waals surface area contributed by atoms with Gasteiger partial charge in [0.2, 0.25) is 0 Å². The molecule has 1 aliphatic rings. The van der Waals surface area contributed by atoms with E-state index in [4.69, 9.17) is 0 Å². The Kier molecular flexibility index (Phi) is 0.997. The summed E-state index contributed by atoms with van der Waals surface area (Å²) in [7, 11) is 0. The van der Waals surface area contributed by atoms with Gasteiger partial charge < -0.3 is 5.32 Å².